The Labute approximate surface area is 113 Å². The first kappa shape index (κ1) is 12.6. The molecule has 0 saturated carbocycles. The quantitative estimate of drug-likeness (QED) is 0.888. The minimum absolute atomic E-state index is 0.00295. The molecule has 1 aromatic rings. The van der Waals surface area contributed by atoms with E-state index >= 15 is 0 Å². The summed E-state index contributed by atoms with van der Waals surface area (Å²) in [5.41, 5.74) is 2.79. The molecule has 3 rings (SSSR count). The number of carboxylic acid groups (broad SMARTS) is 1. The molecule has 2 atom stereocenters. The predicted octanol–water partition coefficient (Wildman–Crippen LogP) is 1.19. The van der Waals surface area contributed by atoms with E-state index in [1.54, 1.807) is 0 Å². The first-order chi connectivity index (χ1) is 9.16. The zero-order valence-corrected chi connectivity index (χ0v) is 11.1. The molecule has 1 fully saturated rings. The Bertz CT molecular complexity index is 463. The van der Waals surface area contributed by atoms with Crippen molar-refractivity contribution in [2.75, 3.05) is 20.3 Å². The van der Waals surface area contributed by atoms with Crippen LogP contribution in [0.15, 0.2) is 24.3 Å². The van der Waals surface area contributed by atoms with E-state index in [9.17, 15) is 9.90 Å². The number of nitrogens with zero attached hydrogens (tertiary/aromatic N) is 1. The lowest BCUT2D eigenvalue weighted by Crippen LogP contribution is -2.46. The third-order valence-electron chi connectivity index (χ3n) is 4.50. The van der Waals surface area contributed by atoms with Crippen LogP contribution in [0.2, 0.25) is 0 Å². The molecule has 19 heavy (non-hydrogen) atoms. The molecule has 0 bridgehead atoms. The van der Waals surface area contributed by atoms with Crippen LogP contribution < -0.4 is 0 Å². The van der Waals surface area contributed by atoms with Gasteiger partial charge in [0, 0.05) is 12.1 Å². The van der Waals surface area contributed by atoms with E-state index in [4.69, 9.17) is 4.74 Å². The third-order valence-corrected chi connectivity index (χ3v) is 4.50. The maximum absolute atomic E-state index is 11.2. The number of fused-ring (bicyclic) bond motifs is 1. The first-order valence-electron chi connectivity index (χ1n) is 6.76. The highest BCUT2D eigenvalue weighted by Crippen LogP contribution is 2.29. The van der Waals surface area contributed by atoms with Crippen LogP contribution in [0.25, 0.3) is 0 Å². The second-order valence-electron chi connectivity index (χ2n) is 5.55. The molecular formula is C15H19NO3. The van der Waals surface area contributed by atoms with Gasteiger partial charge in [0.1, 0.15) is 0 Å². The topological polar surface area (TPSA) is 49.8 Å². The Hall–Kier alpha value is -1.39. The summed E-state index contributed by atoms with van der Waals surface area (Å²) >= 11 is 0. The zero-order valence-electron chi connectivity index (χ0n) is 11.1. The van der Waals surface area contributed by atoms with Crippen molar-refractivity contribution in [2.45, 2.75) is 24.9 Å². The molecule has 4 nitrogen and oxygen atoms in total. The van der Waals surface area contributed by atoms with E-state index in [1.807, 2.05) is 7.05 Å². The Balaban J connectivity index is 1.72. The smallest absolute Gasteiger partial charge is 0.310 e. The molecule has 102 valence electrons. The van der Waals surface area contributed by atoms with Gasteiger partial charge in [0.15, 0.2) is 0 Å². The van der Waals surface area contributed by atoms with Crippen molar-refractivity contribution in [1.29, 1.82) is 0 Å². The van der Waals surface area contributed by atoms with Crippen LogP contribution in [0.1, 0.15) is 11.1 Å². The predicted molar refractivity (Wildman–Crippen MR) is 71.1 cm³/mol. The summed E-state index contributed by atoms with van der Waals surface area (Å²) in [6.45, 7) is 0.865. The summed E-state index contributed by atoms with van der Waals surface area (Å²) in [6.07, 6.45) is 2.02. The van der Waals surface area contributed by atoms with E-state index in [0.29, 0.717) is 19.3 Å². The van der Waals surface area contributed by atoms with Gasteiger partial charge in [-0.25, -0.2) is 0 Å². The maximum atomic E-state index is 11.2. The van der Waals surface area contributed by atoms with Crippen molar-refractivity contribution in [2.24, 2.45) is 5.92 Å². The molecule has 1 saturated heterocycles. The van der Waals surface area contributed by atoms with E-state index in [2.05, 4.69) is 29.2 Å². The summed E-state index contributed by atoms with van der Waals surface area (Å²) in [6, 6.07) is 8.87. The number of ether oxygens (including phenoxy) is 1. The molecule has 1 aliphatic carbocycles. The Morgan fingerprint density at radius 1 is 1.26 bits per heavy atom. The van der Waals surface area contributed by atoms with Crippen LogP contribution in [0.5, 0.6) is 0 Å². The number of benzene rings is 1. The zero-order chi connectivity index (χ0) is 13.4. The Kier molecular flexibility index (Phi) is 3.29. The van der Waals surface area contributed by atoms with Crippen molar-refractivity contribution < 1.29 is 14.6 Å². The van der Waals surface area contributed by atoms with Gasteiger partial charge in [0.25, 0.3) is 0 Å². The lowest BCUT2D eigenvalue weighted by molar-refractivity contribution is -0.143. The number of carboxylic acids is 1. The highest BCUT2D eigenvalue weighted by molar-refractivity contribution is 5.71. The molecule has 0 radical (unpaired) electrons. The largest absolute Gasteiger partial charge is 0.481 e. The SMILES string of the molecule is CN(C1Cc2ccccc2C1)C1COCC1C(=O)O. The van der Waals surface area contributed by atoms with E-state index in [1.165, 1.54) is 11.1 Å². The van der Waals surface area contributed by atoms with Gasteiger partial charge in [-0.3, -0.25) is 9.69 Å². The maximum Gasteiger partial charge on any atom is 0.310 e. The van der Waals surface area contributed by atoms with Crippen LogP contribution in [0.3, 0.4) is 0 Å². The molecule has 0 spiro atoms. The van der Waals surface area contributed by atoms with Gasteiger partial charge in [0.05, 0.1) is 19.1 Å². The fraction of sp³-hybridized carbons (Fsp3) is 0.533. The summed E-state index contributed by atoms with van der Waals surface area (Å²) in [4.78, 5) is 13.5. The summed E-state index contributed by atoms with van der Waals surface area (Å²) < 4.78 is 5.37. The molecular weight excluding hydrogens is 242 g/mol. The van der Waals surface area contributed by atoms with Gasteiger partial charge in [-0.2, -0.15) is 0 Å². The molecule has 1 heterocycles. The van der Waals surface area contributed by atoms with Gasteiger partial charge in [-0.15, -0.1) is 0 Å². The first-order valence-corrected chi connectivity index (χ1v) is 6.76. The van der Waals surface area contributed by atoms with E-state index < -0.39 is 11.9 Å². The number of likely N-dealkylation sites (N-methyl/N-ethyl adjacent to an activating group) is 1. The van der Waals surface area contributed by atoms with Crippen molar-refractivity contribution in [1.82, 2.24) is 4.90 Å². The minimum Gasteiger partial charge on any atom is -0.481 e. The minimum atomic E-state index is -0.745. The second-order valence-corrected chi connectivity index (χ2v) is 5.55. The van der Waals surface area contributed by atoms with Crippen LogP contribution >= 0.6 is 0 Å². The Morgan fingerprint density at radius 2 is 1.89 bits per heavy atom. The lowest BCUT2D eigenvalue weighted by atomic mass is 10.0. The molecule has 4 heteroatoms. The monoisotopic (exact) mass is 261 g/mol. The number of carbonyl (C=O) groups is 1. The molecule has 0 aromatic heterocycles. The highest BCUT2D eigenvalue weighted by atomic mass is 16.5. The van der Waals surface area contributed by atoms with Gasteiger partial charge < -0.3 is 9.84 Å². The average Bonchev–Trinajstić information content (AvgIpc) is 3.04. The van der Waals surface area contributed by atoms with Gasteiger partial charge in [-0.05, 0) is 31.0 Å². The van der Waals surface area contributed by atoms with Crippen molar-refractivity contribution in [3.63, 3.8) is 0 Å². The molecule has 0 amide bonds. The molecule has 2 unspecified atom stereocenters. The van der Waals surface area contributed by atoms with Gasteiger partial charge in [-0.1, -0.05) is 24.3 Å². The van der Waals surface area contributed by atoms with Crippen LogP contribution in [0, 0.1) is 5.92 Å². The van der Waals surface area contributed by atoms with Gasteiger partial charge in [0.2, 0.25) is 0 Å². The molecule has 1 aromatic carbocycles. The lowest BCUT2D eigenvalue weighted by Gasteiger charge is -2.31. The summed E-state index contributed by atoms with van der Waals surface area (Å²) in [5.74, 6) is -1.14. The highest BCUT2D eigenvalue weighted by Gasteiger charge is 2.40. The van der Waals surface area contributed by atoms with E-state index in [-0.39, 0.29) is 6.04 Å². The summed E-state index contributed by atoms with van der Waals surface area (Å²) in [7, 11) is 2.03. The van der Waals surface area contributed by atoms with Crippen LogP contribution in [-0.4, -0.2) is 48.3 Å². The van der Waals surface area contributed by atoms with Crippen molar-refractivity contribution >= 4 is 5.97 Å². The number of hydrogen-bond donors (Lipinski definition) is 1. The van der Waals surface area contributed by atoms with Crippen molar-refractivity contribution in [3.8, 4) is 0 Å². The molecule has 1 N–H and O–H groups in total. The fourth-order valence-corrected chi connectivity index (χ4v) is 3.27. The normalized spacial score (nSPS) is 26.8. The molecule has 2 aliphatic rings. The van der Waals surface area contributed by atoms with Crippen LogP contribution in [-0.2, 0) is 22.4 Å². The average molecular weight is 261 g/mol. The number of hydrogen-bond acceptors (Lipinski definition) is 3. The standard InChI is InChI=1S/C15H19NO3/c1-16(14-9-19-8-13(14)15(17)18)12-6-10-4-2-3-5-11(10)7-12/h2-5,12-14H,6-9H2,1H3,(H,17,18). The third kappa shape index (κ3) is 2.26. The second kappa shape index (κ2) is 4.94. The van der Waals surface area contributed by atoms with E-state index in [0.717, 1.165) is 12.8 Å². The number of aliphatic carboxylic acids is 1. The van der Waals surface area contributed by atoms with Crippen molar-refractivity contribution in [3.05, 3.63) is 35.4 Å². The van der Waals surface area contributed by atoms with Gasteiger partial charge >= 0.3 is 5.97 Å². The fourth-order valence-electron chi connectivity index (χ4n) is 3.27. The van der Waals surface area contributed by atoms with Crippen LogP contribution in [0.4, 0.5) is 0 Å². The summed E-state index contributed by atoms with van der Waals surface area (Å²) in [5, 5.41) is 9.24. The Morgan fingerprint density at radius 3 is 2.47 bits per heavy atom. The number of rotatable bonds is 3. The molecule has 1 aliphatic heterocycles.